The second-order valence-electron chi connectivity index (χ2n) is 4.16. The minimum absolute atomic E-state index is 0.00700. The number of hydrogen-bond donors (Lipinski definition) is 1. The van der Waals surface area contributed by atoms with Gasteiger partial charge in [0.1, 0.15) is 5.56 Å². The molecule has 2 rings (SSSR count). The highest BCUT2D eigenvalue weighted by molar-refractivity contribution is 5.90. The molecule has 0 fully saturated rings. The van der Waals surface area contributed by atoms with E-state index in [0.717, 1.165) is 0 Å². The summed E-state index contributed by atoms with van der Waals surface area (Å²) in [5.41, 5.74) is 0.557. The van der Waals surface area contributed by atoms with E-state index in [-0.39, 0.29) is 23.6 Å². The highest BCUT2D eigenvalue weighted by Crippen LogP contribution is 2.20. The van der Waals surface area contributed by atoms with Crippen molar-refractivity contribution in [3.8, 4) is 5.75 Å². The monoisotopic (exact) mass is 288 g/mol. The summed E-state index contributed by atoms with van der Waals surface area (Å²) in [5, 5.41) is 19.9. The second-order valence-corrected chi connectivity index (χ2v) is 4.16. The normalized spacial score (nSPS) is 10.1. The van der Waals surface area contributed by atoms with Crippen LogP contribution in [0, 0.1) is 10.1 Å². The average molecular weight is 288 g/mol. The number of para-hydroxylation sites is 1. The summed E-state index contributed by atoms with van der Waals surface area (Å²) in [4.78, 5) is 25.2. The molecule has 0 radical (unpaired) electrons. The Hall–Kier alpha value is -2.96. The number of nitrogens with zero attached hydrogens (tertiary/aromatic N) is 2. The highest BCUT2D eigenvalue weighted by atomic mass is 16.6. The van der Waals surface area contributed by atoms with E-state index in [1.807, 2.05) is 0 Å². The number of nitro benzene ring substituents is 1. The van der Waals surface area contributed by atoms with Gasteiger partial charge in [-0.25, -0.2) is 4.79 Å². The summed E-state index contributed by atoms with van der Waals surface area (Å²) in [6, 6.07) is 7.69. The van der Waals surface area contributed by atoms with Gasteiger partial charge in [0.2, 0.25) is 0 Å². The molecule has 0 saturated carbocycles. The molecular weight excluding hydrogens is 276 g/mol. The lowest BCUT2D eigenvalue weighted by Crippen LogP contribution is -2.07. The molecule has 108 valence electrons. The van der Waals surface area contributed by atoms with E-state index in [1.54, 1.807) is 18.2 Å². The van der Waals surface area contributed by atoms with Crippen molar-refractivity contribution in [3.05, 3.63) is 64.0 Å². The van der Waals surface area contributed by atoms with Crippen LogP contribution < -0.4 is 4.74 Å². The summed E-state index contributed by atoms with van der Waals surface area (Å²) < 4.78 is 5.37. The van der Waals surface area contributed by atoms with E-state index in [2.05, 4.69) is 4.98 Å². The fourth-order valence-electron chi connectivity index (χ4n) is 1.84. The van der Waals surface area contributed by atoms with Crippen molar-refractivity contribution in [2.75, 3.05) is 6.61 Å². The molecule has 1 aromatic heterocycles. The van der Waals surface area contributed by atoms with Crippen molar-refractivity contribution in [3.63, 3.8) is 0 Å². The summed E-state index contributed by atoms with van der Waals surface area (Å²) >= 11 is 0. The summed E-state index contributed by atoms with van der Waals surface area (Å²) in [6.45, 7) is 0.122. The van der Waals surface area contributed by atoms with Crippen molar-refractivity contribution in [2.45, 2.75) is 6.42 Å². The van der Waals surface area contributed by atoms with Crippen LogP contribution in [0.5, 0.6) is 5.75 Å². The number of benzene rings is 1. The van der Waals surface area contributed by atoms with Crippen LogP contribution in [0.15, 0.2) is 42.7 Å². The zero-order valence-corrected chi connectivity index (χ0v) is 10.9. The first-order valence-corrected chi connectivity index (χ1v) is 6.12. The summed E-state index contributed by atoms with van der Waals surface area (Å²) in [5.74, 6) is -0.971. The minimum atomic E-state index is -1.11. The number of hydrogen-bond acceptors (Lipinski definition) is 5. The van der Waals surface area contributed by atoms with Crippen LogP contribution in [-0.4, -0.2) is 27.6 Å². The van der Waals surface area contributed by atoms with Crippen LogP contribution in [0.4, 0.5) is 5.69 Å². The number of carboxylic acid groups (broad SMARTS) is 1. The van der Waals surface area contributed by atoms with E-state index in [4.69, 9.17) is 9.84 Å². The van der Waals surface area contributed by atoms with E-state index in [1.165, 1.54) is 24.5 Å². The maximum Gasteiger partial charge on any atom is 0.339 e. The molecule has 0 saturated heterocycles. The molecule has 21 heavy (non-hydrogen) atoms. The third-order valence-corrected chi connectivity index (χ3v) is 2.83. The molecule has 2 aromatic rings. The Bertz CT molecular complexity index is 614. The number of carboxylic acids is 1. The van der Waals surface area contributed by atoms with E-state index in [0.29, 0.717) is 12.0 Å². The fourth-order valence-corrected chi connectivity index (χ4v) is 1.84. The van der Waals surface area contributed by atoms with Crippen LogP contribution in [0.3, 0.4) is 0 Å². The number of carbonyl (C=O) groups is 1. The Kier molecular flexibility index (Phi) is 4.45. The Morgan fingerprint density at radius 3 is 2.81 bits per heavy atom. The van der Waals surface area contributed by atoms with E-state index in [9.17, 15) is 14.9 Å². The zero-order chi connectivity index (χ0) is 15.2. The molecule has 0 unspecified atom stereocenters. The molecule has 0 amide bonds. The van der Waals surface area contributed by atoms with Crippen LogP contribution in [-0.2, 0) is 6.42 Å². The zero-order valence-electron chi connectivity index (χ0n) is 10.9. The standard InChI is InChI=1S/C14H12N2O5/c17-14(18)11-5-7-15-9-13(11)21-8-6-10-3-1-2-4-12(10)16(19)20/h1-5,7,9H,6,8H2,(H,17,18). The lowest BCUT2D eigenvalue weighted by Gasteiger charge is -2.08. The first-order chi connectivity index (χ1) is 10.1. The molecule has 7 nitrogen and oxygen atoms in total. The summed E-state index contributed by atoms with van der Waals surface area (Å²) in [6.07, 6.45) is 2.96. The SMILES string of the molecule is O=C(O)c1ccncc1OCCc1ccccc1[N+](=O)[O-]. The number of aromatic carboxylic acids is 1. The largest absolute Gasteiger partial charge is 0.491 e. The quantitative estimate of drug-likeness (QED) is 0.646. The van der Waals surface area contributed by atoms with Gasteiger partial charge >= 0.3 is 5.97 Å². The molecule has 0 aliphatic rings. The predicted octanol–water partition coefficient (Wildman–Crippen LogP) is 2.31. The molecular formula is C14H12N2O5. The van der Waals surface area contributed by atoms with Crippen molar-refractivity contribution >= 4 is 11.7 Å². The maximum absolute atomic E-state index is 11.0. The Labute approximate surface area is 120 Å². The third-order valence-electron chi connectivity index (χ3n) is 2.83. The Morgan fingerprint density at radius 2 is 2.10 bits per heavy atom. The average Bonchev–Trinajstić information content (AvgIpc) is 2.48. The van der Waals surface area contributed by atoms with Gasteiger partial charge in [-0.15, -0.1) is 0 Å². The topological polar surface area (TPSA) is 103 Å². The number of pyridine rings is 1. The van der Waals surface area contributed by atoms with Gasteiger partial charge in [0.25, 0.3) is 5.69 Å². The van der Waals surface area contributed by atoms with E-state index < -0.39 is 10.9 Å². The third kappa shape index (κ3) is 3.53. The van der Waals surface area contributed by atoms with Gasteiger partial charge in [-0.1, -0.05) is 18.2 Å². The lowest BCUT2D eigenvalue weighted by atomic mass is 10.1. The molecule has 0 aliphatic carbocycles. The van der Waals surface area contributed by atoms with Crippen molar-refractivity contribution in [2.24, 2.45) is 0 Å². The van der Waals surface area contributed by atoms with Gasteiger partial charge in [-0.2, -0.15) is 0 Å². The molecule has 7 heteroatoms. The predicted molar refractivity (Wildman–Crippen MR) is 73.5 cm³/mol. The van der Waals surface area contributed by atoms with Crippen LogP contribution in [0.25, 0.3) is 0 Å². The number of ether oxygens (including phenoxy) is 1. The van der Waals surface area contributed by atoms with E-state index >= 15 is 0 Å². The molecule has 1 N–H and O–H groups in total. The van der Waals surface area contributed by atoms with Gasteiger partial charge in [-0.05, 0) is 6.07 Å². The molecule has 0 atom stereocenters. The van der Waals surface area contributed by atoms with Crippen molar-refractivity contribution in [1.82, 2.24) is 4.98 Å². The van der Waals surface area contributed by atoms with Crippen molar-refractivity contribution in [1.29, 1.82) is 0 Å². The van der Waals surface area contributed by atoms with Gasteiger partial charge < -0.3 is 9.84 Å². The molecule has 1 heterocycles. The first-order valence-electron chi connectivity index (χ1n) is 6.12. The number of nitro groups is 1. The maximum atomic E-state index is 11.0. The Morgan fingerprint density at radius 1 is 1.33 bits per heavy atom. The molecule has 0 bridgehead atoms. The second kappa shape index (κ2) is 6.47. The van der Waals surface area contributed by atoms with Crippen LogP contribution in [0.1, 0.15) is 15.9 Å². The fraction of sp³-hybridized carbons (Fsp3) is 0.143. The molecule has 1 aromatic carbocycles. The highest BCUT2D eigenvalue weighted by Gasteiger charge is 2.14. The number of rotatable bonds is 6. The smallest absolute Gasteiger partial charge is 0.339 e. The van der Waals surface area contributed by atoms with Crippen LogP contribution in [0.2, 0.25) is 0 Å². The lowest BCUT2D eigenvalue weighted by molar-refractivity contribution is -0.385. The Balaban J connectivity index is 2.06. The van der Waals surface area contributed by atoms with Crippen molar-refractivity contribution < 1.29 is 19.6 Å². The minimum Gasteiger partial charge on any atom is -0.491 e. The molecule has 0 aliphatic heterocycles. The van der Waals surface area contributed by atoms with Gasteiger partial charge in [0.05, 0.1) is 17.7 Å². The first kappa shape index (κ1) is 14.4. The van der Waals surface area contributed by atoms with Gasteiger partial charge in [0.15, 0.2) is 5.75 Å². The molecule has 0 spiro atoms. The van der Waals surface area contributed by atoms with Gasteiger partial charge in [-0.3, -0.25) is 15.1 Å². The summed E-state index contributed by atoms with van der Waals surface area (Å²) in [7, 11) is 0. The van der Waals surface area contributed by atoms with Crippen LogP contribution >= 0.6 is 0 Å². The van der Waals surface area contributed by atoms with Gasteiger partial charge in [0, 0.05) is 24.2 Å². The number of aromatic nitrogens is 1.